The van der Waals surface area contributed by atoms with E-state index in [4.69, 9.17) is 11.3 Å². The van der Waals surface area contributed by atoms with Crippen molar-refractivity contribution in [2.45, 2.75) is 18.6 Å². The van der Waals surface area contributed by atoms with Gasteiger partial charge in [0.25, 0.3) is 0 Å². The van der Waals surface area contributed by atoms with Gasteiger partial charge in [0, 0.05) is 23.1 Å². The fraction of sp³-hybridized carbons (Fsp3) is 0.400. The summed E-state index contributed by atoms with van der Waals surface area (Å²) in [5, 5.41) is 22.5. The number of nitrogen functional groups attached to an aromatic ring is 1. The van der Waals surface area contributed by atoms with Gasteiger partial charge in [0.2, 0.25) is 0 Å². The van der Waals surface area contributed by atoms with Crippen LogP contribution in [0.2, 0.25) is 0 Å². The topological polar surface area (TPSA) is 115 Å². The number of hydrogen-bond acceptors (Lipinski definition) is 4. The van der Waals surface area contributed by atoms with Gasteiger partial charge in [-0.2, -0.15) is 0 Å². The van der Waals surface area contributed by atoms with Crippen LogP contribution < -0.4 is 5.73 Å². The van der Waals surface area contributed by atoms with E-state index < -0.39 is 29.5 Å². The zero-order valence-corrected chi connectivity index (χ0v) is 9.29. The van der Waals surface area contributed by atoms with Crippen LogP contribution in [0.3, 0.4) is 0 Å². The van der Waals surface area contributed by atoms with Gasteiger partial charge in [-0.15, -0.1) is 0 Å². The Morgan fingerprint density at radius 3 is 2.67 bits per heavy atom. The minimum absolute atomic E-state index is 0.0492. The van der Waals surface area contributed by atoms with Gasteiger partial charge >= 0.3 is 0 Å². The van der Waals surface area contributed by atoms with E-state index in [1.54, 1.807) is 0 Å². The molecule has 6 nitrogen and oxygen atoms in total. The lowest BCUT2D eigenvalue weighted by Crippen LogP contribution is -2.20. The molecule has 2 unspecified atom stereocenters. The fourth-order valence-electron chi connectivity index (χ4n) is 1.45. The minimum Gasteiger partial charge on any atom is -0.396 e. The molecule has 0 saturated heterocycles. The van der Waals surface area contributed by atoms with Crippen molar-refractivity contribution < 1.29 is 19.0 Å². The monoisotopic (exact) mass is 258 g/mol. The molecule has 0 radical (unpaired) electrons. The molecule has 98 valence electrons. The molecule has 8 heteroatoms. The van der Waals surface area contributed by atoms with Crippen LogP contribution in [0.15, 0.2) is 17.2 Å². The Balaban J connectivity index is 2.89. The van der Waals surface area contributed by atoms with Crippen molar-refractivity contribution in [3.05, 3.63) is 39.8 Å². The number of anilines is 1. The zero-order chi connectivity index (χ0) is 13.7. The van der Waals surface area contributed by atoms with Crippen LogP contribution in [-0.4, -0.2) is 22.9 Å². The summed E-state index contributed by atoms with van der Waals surface area (Å²) in [6, 6.07) is 1.43. The predicted molar refractivity (Wildman–Crippen MR) is 60.4 cm³/mol. The molecule has 1 aromatic carbocycles. The molecular weight excluding hydrogens is 246 g/mol. The molecule has 0 aliphatic heterocycles. The Morgan fingerprint density at radius 1 is 1.39 bits per heavy atom. The van der Waals surface area contributed by atoms with E-state index in [0.717, 1.165) is 6.07 Å². The van der Waals surface area contributed by atoms with E-state index >= 15 is 0 Å². The highest BCUT2D eigenvalue weighted by Crippen LogP contribution is 2.27. The van der Waals surface area contributed by atoms with Gasteiger partial charge in [0.15, 0.2) is 0 Å². The van der Waals surface area contributed by atoms with Gasteiger partial charge in [-0.3, -0.25) is 0 Å². The number of aliphatic hydroxyl groups is 2. The molecule has 0 amide bonds. The van der Waals surface area contributed by atoms with Gasteiger partial charge in [-0.1, -0.05) is 5.11 Å². The quantitative estimate of drug-likeness (QED) is 0.322. The summed E-state index contributed by atoms with van der Waals surface area (Å²) >= 11 is 0. The summed E-state index contributed by atoms with van der Waals surface area (Å²) in [5.74, 6) is -1.91. The highest BCUT2D eigenvalue weighted by atomic mass is 19.1. The second-order valence-corrected chi connectivity index (χ2v) is 3.65. The van der Waals surface area contributed by atoms with Gasteiger partial charge in [0.05, 0.1) is 11.8 Å². The number of nitrogens with two attached hydrogens (primary N) is 1. The van der Waals surface area contributed by atoms with Crippen molar-refractivity contribution in [1.29, 1.82) is 0 Å². The number of halogens is 2. The molecule has 0 bridgehead atoms. The van der Waals surface area contributed by atoms with Crippen LogP contribution in [0.1, 0.15) is 18.1 Å². The van der Waals surface area contributed by atoms with Crippen LogP contribution >= 0.6 is 0 Å². The first-order valence-corrected chi connectivity index (χ1v) is 5.08. The normalized spacial score (nSPS) is 13.8. The van der Waals surface area contributed by atoms with E-state index in [1.807, 2.05) is 0 Å². The first kappa shape index (κ1) is 14.2. The lowest BCUT2D eigenvalue weighted by Gasteiger charge is -2.19. The third kappa shape index (κ3) is 3.30. The van der Waals surface area contributed by atoms with E-state index in [9.17, 15) is 19.0 Å². The molecule has 18 heavy (non-hydrogen) atoms. The molecule has 0 fully saturated rings. The zero-order valence-electron chi connectivity index (χ0n) is 9.29. The summed E-state index contributed by atoms with van der Waals surface area (Å²) < 4.78 is 26.1. The van der Waals surface area contributed by atoms with E-state index in [1.165, 1.54) is 0 Å². The molecule has 1 aromatic rings. The van der Waals surface area contributed by atoms with E-state index in [-0.39, 0.29) is 18.5 Å². The number of nitrogens with zero attached hydrogens (tertiary/aromatic N) is 3. The molecule has 2 atom stereocenters. The number of rotatable bonds is 5. The Hall–Kier alpha value is -1.89. The Kier molecular flexibility index (Phi) is 4.85. The summed E-state index contributed by atoms with van der Waals surface area (Å²) in [7, 11) is 0. The SMILES string of the molecule is [N-]=[N+]=NCCC(O)C(O)c1cc(F)cc(F)c1N. The van der Waals surface area contributed by atoms with Crippen molar-refractivity contribution in [2.75, 3.05) is 12.3 Å². The first-order chi connectivity index (χ1) is 8.47. The molecule has 0 aliphatic rings. The second kappa shape index (κ2) is 6.15. The first-order valence-electron chi connectivity index (χ1n) is 5.08. The largest absolute Gasteiger partial charge is 0.396 e. The summed E-state index contributed by atoms with van der Waals surface area (Å²) in [6.45, 7) is -0.0492. The lowest BCUT2D eigenvalue weighted by molar-refractivity contribution is 0.0152. The van der Waals surface area contributed by atoms with Crippen LogP contribution in [0.25, 0.3) is 10.4 Å². The summed E-state index contributed by atoms with van der Waals surface area (Å²) in [4.78, 5) is 2.47. The van der Waals surface area contributed by atoms with Crippen LogP contribution in [0.4, 0.5) is 14.5 Å². The van der Waals surface area contributed by atoms with E-state index in [2.05, 4.69) is 10.0 Å². The second-order valence-electron chi connectivity index (χ2n) is 3.65. The average Bonchev–Trinajstić information content (AvgIpc) is 2.33. The smallest absolute Gasteiger partial charge is 0.149 e. The fourth-order valence-corrected chi connectivity index (χ4v) is 1.45. The molecular formula is C10H12F2N4O2. The molecule has 4 N–H and O–H groups in total. The number of aliphatic hydroxyl groups excluding tert-OH is 2. The van der Waals surface area contributed by atoms with Crippen molar-refractivity contribution in [3.63, 3.8) is 0 Å². The lowest BCUT2D eigenvalue weighted by atomic mass is 10.00. The van der Waals surface area contributed by atoms with E-state index in [0.29, 0.717) is 6.07 Å². The third-order valence-electron chi connectivity index (χ3n) is 2.40. The van der Waals surface area contributed by atoms with Crippen molar-refractivity contribution in [3.8, 4) is 0 Å². The highest BCUT2D eigenvalue weighted by molar-refractivity contribution is 5.49. The number of benzene rings is 1. The standard InChI is InChI=1S/C10H12F2N4O2/c11-5-3-6(9(13)7(12)4-5)10(18)8(17)1-2-15-16-14/h3-4,8,10,17-18H,1-2,13H2. The summed E-state index contributed by atoms with van der Waals surface area (Å²) in [5.41, 5.74) is 12.7. The van der Waals surface area contributed by atoms with Crippen molar-refractivity contribution >= 4 is 5.69 Å². The maximum Gasteiger partial charge on any atom is 0.149 e. The molecule has 0 saturated carbocycles. The van der Waals surface area contributed by atoms with Gasteiger partial charge in [-0.05, 0) is 18.0 Å². The maximum absolute atomic E-state index is 13.1. The Bertz CT molecular complexity index is 477. The maximum atomic E-state index is 13.1. The van der Waals surface area contributed by atoms with Crippen LogP contribution in [-0.2, 0) is 0 Å². The molecule has 0 spiro atoms. The molecule has 0 aromatic heterocycles. The highest BCUT2D eigenvalue weighted by Gasteiger charge is 2.22. The Labute approximate surface area is 101 Å². The number of hydrogen-bond donors (Lipinski definition) is 3. The van der Waals surface area contributed by atoms with Gasteiger partial charge in [0.1, 0.15) is 17.7 Å². The minimum atomic E-state index is -1.55. The summed E-state index contributed by atoms with van der Waals surface area (Å²) in [6.07, 6.45) is -2.94. The average molecular weight is 258 g/mol. The molecule has 1 rings (SSSR count). The predicted octanol–water partition coefficient (Wildman–Crippen LogP) is 1.64. The van der Waals surface area contributed by atoms with Gasteiger partial charge < -0.3 is 15.9 Å². The molecule has 0 aliphatic carbocycles. The van der Waals surface area contributed by atoms with Gasteiger partial charge in [-0.25, -0.2) is 8.78 Å². The van der Waals surface area contributed by atoms with Crippen LogP contribution in [0, 0.1) is 11.6 Å². The van der Waals surface area contributed by atoms with Crippen molar-refractivity contribution in [2.24, 2.45) is 5.11 Å². The Morgan fingerprint density at radius 2 is 2.06 bits per heavy atom. The van der Waals surface area contributed by atoms with Crippen LogP contribution in [0.5, 0.6) is 0 Å². The third-order valence-corrected chi connectivity index (χ3v) is 2.40. The van der Waals surface area contributed by atoms with Crippen molar-refractivity contribution in [1.82, 2.24) is 0 Å². The molecule has 0 heterocycles. The number of azide groups is 1.